The number of anilines is 1. The molecule has 120 valence electrons. The van der Waals surface area contributed by atoms with Gasteiger partial charge >= 0.3 is 0 Å². The summed E-state index contributed by atoms with van der Waals surface area (Å²) in [6.07, 6.45) is -0.801. The summed E-state index contributed by atoms with van der Waals surface area (Å²) in [5, 5.41) is 13.6. The largest absolute Gasteiger partial charge is 0.481 e. The van der Waals surface area contributed by atoms with E-state index in [1.807, 2.05) is 6.07 Å². The Bertz CT molecular complexity index is 749. The summed E-state index contributed by atoms with van der Waals surface area (Å²) >= 11 is 3.32. The minimum Gasteiger partial charge on any atom is -0.481 e. The number of carbonyl (C=O) groups is 1. The SMILES string of the molecule is Cc1ccc(NC(=O)[C@@H](C)Oc2cccc(Br)c2)c([N+](=O)[O-])c1. The van der Waals surface area contributed by atoms with Crippen molar-refractivity contribution in [3.8, 4) is 5.75 Å². The number of hydrogen-bond donors (Lipinski definition) is 1. The second-order valence-corrected chi connectivity index (χ2v) is 5.90. The van der Waals surface area contributed by atoms with Crippen molar-refractivity contribution in [2.75, 3.05) is 5.32 Å². The lowest BCUT2D eigenvalue weighted by Crippen LogP contribution is -2.30. The quantitative estimate of drug-likeness (QED) is 0.627. The molecule has 1 amide bonds. The maximum Gasteiger partial charge on any atom is 0.293 e. The van der Waals surface area contributed by atoms with Gasteiger partial charge in [-0.1, -0.05) is 28.1 Å². The van der Waals surface area contributed by atoms with E-state index in [0.717, 1.165) is 10.0 Å². The van der Waals surface area contributed by atoms with Crippen LogP contribution in [0.25, 0.3) is 0 Å². The second kappa shape index (κ2) is 7.23. The summed E-state index contributed by atoms with van der Waals surface area (Å²) < 4.78 is 6.37. The number of nitro groups is 1. The maximum atomic E-state index is 12.2. The number of halogens is 1. The van der Waals surface area contributed by atoms with Crippen molar-refractivity contribution in [1.82, 2.24) is 0 Å². The summed E-state index contributed by atoms with van der Waals surface area (Å²) in [6, 6.07) is 11.7. The van der Waals surface area contributed by atoms with Crippen LogP contribution in [0.2, 0.25) is 0 Å². The fourth-order valence-electron chi connectivity index (χ4n) is 1.93. The molecule has 1 N–H and O–H groups in total. The molecular weight excluding hydrogens is 364 g/mol. The molecule has 2 aromatic rings. The molecule has 2 aromatic carbocycles. The van der Waals surface area contributed by atoms with E-state index in [1.165, 1.54) is 12.1 Å². The van der Waals surface area contributed by atoms with Gasteiger partial charge in [-0.15, -0.1) is 0 Å². The van der Waals surface area contributed by atoms with Crippen LogP contribution in [0, 0.1) is 17.0 Å². The predicted molar refractivity (Wildman–Crippen MR) is 90.7 cm³/mol. The van der Waals surface area contributed by atoms with Gasteiger partial charge in [0.1, 0.15) is 11.4 Å². The topological polar surface area (TPSA) is 81.5 Å². The van der Waals surface area contributed by atoms with Crippen molar-refractivity contribution in [3.05, 3.63) is 62.6 Å². The summed E-state index contributed by atoms with van der Waals surface area (Å²) in [4.78, 5) is 22.7. The molecular formula is C16H15BrN2O4. The van der Waals surface area contributed by atoms with E-state index < -0.39 is 16.9 Å². The average Bonchev–Trinajstić information content (AvgIpc) is 2.48. The summed E-state index contributed by atoms with van der Waals surface area (Å²) in [5.74, 6) is 0.0670. The van der Waals surface area contributed by atoms with Gasteiger partial charge in [0.2, 0.25) is 0 Å². The van der Waals surface area contributed by atoms with Gasteiger partial charge in [0, 0.05) is 10.5 Å². The number of hydrogen-bond acceptors (Lipinski definition) is 4. The highest BCUT2D eigenvalue weighted by Gasteiger charge is 2.20. The van der Waals surface area contributed by atoms with Crippen molar-refractivity contribution in [2.24, 2.45) is 0 Å². The van der Waals surface area contributed by atoms with Gasteiger partial charge in [0.15, 0.2) is 6.10 Å². The second-order valence-electron chi connectivity index (χ2n) is 4.98. The zero-order valence-electron chi connectivity index (χ0n) is 12.6. The van der Waals surface area contributed by atoms with Crippen LogP contribution in [-0.4, -0.2) is 16.9 Å². The predicted octanol–water partition coefficient (Wildman–Crippen LogP) is 4.07. The van der Waals surface area contributed by atoms with Crippen molar-refractivity contribution >= 4 is 33.2 Å². The van der Waals surface area contributed by atoms with Crippen LogP contribution in [0.4, 0.5) is 11.4 Å². The van der Waals surface area contributed by atoms with Crippen LogP contribution < -0.4 is 10.1 Å². The Hall–Kier alpha value is -2.41. The highest BCUT2D eigenvalue weighted by Crippen LogP contribution is 2.26. The lowest BCUT2D eigenvalue weighted by molar-refractivity contribution is -0.384. The fourth-order valence-corrected chi connectivity index (χ4v) is 2.31. The molecule has 1 atom stereocenters. The van der Waals surface area contributed by atoms with Gasteiger partial charge in [-0.05, 0) is 43.7 Å². The van der Waals surface area contributed by atoms with Crippen LogP contribution in [0.1, 0.15) is 12.5 Å². The first-order valence-electron chi connectivity index (χ1n) is 6.85. The summed E-state index contributed by atoms with van der Waals surface area (Å²) in [6.45, 7) is 3.33. The minimum atomic E-state index is -0.801. The Labute approximate surface area is 141 Å². The minimum absolute atomic E-state index is 0.145. The molecule has 0 radical (unpaired) electrons. The number of nitrogens with one attached hydrogen (secondary N) is 1. The van der Waals surface area contributed by atoms with Crippen LogP contribution in [0.15, 0.2) is 46.9 Å². The smallest absolute Gasteiger partial charge is 0.293 e. The van der Waals surface area contributed by atoms with E-state index in [9.17, 15) is 14.9 Å². The highest BCUT2D eigenvalue weighted by molar-refractivity contribution is 9.10. The maximum absolute atomic E-state index is 12.2. The van der Waals surface area contributed by atoms with E-state index in [2.05, 4.69) is 21.2 Å². The molecule has 0 aliphatic heterocycles. The Morgan fingerprint density at radius 2 is 2.04 bits per heavy atom. The number of amides is 1. The van der Waals surface area contributed by atoms with Gasteiger partial charge in [-0.25, -0.2) is 0 Å². The van der Waals surface area contributed by atoms with Crippen LogP contribution in [0.3, 0.4) is 0 Å². The third kappa shape index (κ3) is 4.53. The van der Waals surface area contributed by atoms with Gasteiger partial charge in [-0.2, -0.15) is 0 Å². The number of aryl methyl sites for hydroxylation is 1. The zero-order chi connectivity index (χ0) is 17.0. The Morgan fingerprint density at radius 3 is 2.70 bits per heavy atom. The molecule has 0 bridgehead atoms. The van der Waals surface area contributed by atoms with Crippen molar-refractivity contribution < 1.29 is 14.5 Å². The van der Waals surface area contributed by atoms with Crippen LogP contribution in [-0.2, 0) is 4.79 Å². The van der Waals surface area contributed by atoms with E-state index in [0.29, 0.717) is 5.75 Å². The third-order valence-electron chi connectivity index (χ3n) is 3.09. The average molecular weight is 379 g/mol. The lowest BCUT2D eigenvalue weighted by Gasteiger charge is -2.15. The van der Waals surface area contributed by atoms with Gasteiger partial charge in [0.05, 0.1) is 4.92 Å². The normalized spacial score (nSPS) is 11.6. The number of rotatable bonds is 5. The van der Waals surface area contributed by atoms with E-state index in [4.69, 9.17) is 4.74 Å². The molecule has 0 saturated heterocycles. The molecule has 0 fully saturated rings. The standard InChI is InChI=1S/C16H15BrN2O4/c1-10-6-7-14(15(8-10)19(21)22)18-16(20)11(2)23-13-5-3-4-12(17)9-13/h3-9,11H,1-2H3,(H,18,20)/t11-/m1/s1. The van der Waals surface area contributed by atoms with Crippen molar-refractivity contribution in [3.63, 3.8) is 0 Å². The van der Waals surface area contributed by atoms with Gasteiger partial charge < -0.3 is 10.1 Å². The van der Waals surface area contributed by atoms with Crippen molar-refractivity contribution in [1.29, 1.82) is 0 Å². The third-order valence-corrected chi connectivity index (χ3v) is 3.58. The Morgan fingerprint density at radius 1 is 1.30 bits per heavy atom. The number of benzene rings is 2. The molecule has 0 aromatic heterocycles. The molecule has 6 nitrogen and oxygen atoms in total. The molecule has 0 aliphatic carbocycles. The molecule has 0 saturated carbocycles. The molecule has 0 heterocycles. The number of nitro benzene ring substituents is 1. The lowest BCUT2D eigenvalue weighted by atomic mass is 10.2. The van der Waals surface area contributed by atoms with Crippen LogP contribution in [0.5, 0.6) is 5.75 Å². The molecule has 7 heteroatoms. The van der Waals surface area contributed by atoms with Crippen molar-refractivity contribution in [2.45, 2.75) is 20.0 Å². The highest BCUT2D eigenvalue weighted by atomic mass is 79.9. The Balaban J connectivity index is 2.11. The van der Waals surface area contributed by atoms with Gasteiger partial charge in [0.25, 0.3) is 11.6 Å². The number of ether oxygens (including phenoxy) is 1. The first kappa shape index (κ1) is 17.0. The number of carbonyl (C=O) groups excluding carboxylic acids is 1. The molecule has 2 rings (SSSR count). The molecule has 0 unspecified atom stereocenters. The van der Waals surface area contributed by atoms with Crippen LogP contribution >= 0.6 is 15.9 Å². The van der Waals surface area contributed by atoms with Gasteiger partial charge in [-0.3, -0.25) is 14.9 Å². The van der Waals surface area contributed by atoms with E-state index >= 15 is 0 Å². The molecule has 23 heavy (non-hydrogen) atoms. The molecule has 0 spiro atoms. The van der Waals surface area contributed by atoms with E-state index in [-0.39, 0.29) is 11.4 Å². The monoisotopic (exact) mass is 378 g/mol. The Kier molecular flexibility index (Phi) is 5.33. The summed E-state index contributed by atoms with van der Waals surface area (Å²) in [5.41, 5.74) is 0.747. The molecule has 0 aliphatic rings. The zero-order valence-corrected chi connectivity index (χ0v) is 14.2. The summed E-state index contributed by atoms with van der Waals surface area (Å²) in [7, 11) is 0. The van der Waals surface area contributed by atoms with E-state index in [1.54, 1.807) is 38.1 Å². The fraction of sp³-hybridized carbons (Fsp3) is 0.188. The number of nitrogens with zero attached hydrogens (tertiary/aromatic N) is 1. The first-order chi connectivity index (χ1) is 10.9. The first-order valence-corrected chi connectivity index (χ1v) is 7.64.